The van der Waals surface area contributed by atoms with Gasteiger partial charge < -0.3 is 5.73 Å². The van der Waals surface area contributed by atoms with E-state index in [4.69, 9.17) is 5.73 Å². The second-order valence-corrected chi connectivity index (χ2v) is 6.76. The van der Waals surface area contributed by atoms with E-state index in [1.807, 2.05) is 17.9 Å². The minimum atomic E-state index is 0.123. The summed E-state index contributed by atoms with van der Waals surface area (Å²) in [5, 5.41) is 4.26. The molecule has 1 aliphatic carbocycles. The van der Waals surface area contributed by atoms with E-state index in [2.05, 4.69) is 35.1 Å². The zero-order valence-corrected chi connectivity index (χ0v) is 12.9. The van der Waals surface area contributed by atoms with Crippen LogP contribution in [0.25, 0.3) is 0 Å². The Labute approximate surface area is 121 Å². The van der Waals surface area contributed by atoms with Crippen molar-refractivity contribution < 1.29 is 0 Å². The van der Waals surface area contributed by atoms with Gasteiger partial charge in [-0.15, -0.1) is 0 Å². The lowest BCUT2D eigenvalue weighted by molar-refractivity contribution is 0.120. The topological polar surface area (TPSA) is 50.3 Å². The SMILES string of the molecule is CC1CC(CN)(N(C)Cc2cnn(C)c2)CN1C1CC1. The zero-order valence-electron chi connectivity index (χ0n) is 12.9. The standard InChI is InChI=1S/C15H27N5/c1-12-6-15(10-16,11-20(12)14-4-5-14)18(2)8-13-7-17-19(3)9-13/h7,9,12,14H,4-6,8,10-11,16H2,1-3H3. The molecule has 1 aromatic rings. The molecule has 1 aliphatic heterocycles. The van der Waals surface area contributed by atoms with Crippen LogP contribution in [0.5, 0.6) is 0 Å². The minimum absolute atomic E-state index is 0.123. The number of hydrogen-bond acceptors (Lipinski definition) is 4. The summed E-state index contributed by atoms with van der Waals surface area (Å²) in [6.07, 6.45) is 7.97. The Morgan fingerprint density at radius 2 is 2.25 bits per heavy atom. The molecular weight excluding hydrogens is 250 g/mol. The monoisotopic (exact) mass is 277 g/mol. The first-order valence-corrected chi connectivity index (χ1v) is 7.69. The predicted molar refractivity (Wildman–Crippen MR) is 80.3 cm³/mol. The summed E-state index contributed by atoms with van der Waals surface area (Å²) in [5.41, 5.74) is 7.57. The molecule has 2 N–H and O–H groups in total. The molecule has 2 aliphatic rings. The van der Waals surface area contributed by atoms with E-state index >= 15 is 0 Å². The van der Waals surface area contributed by atoms with Crippen molar-refractivity contribution in [3.8, 4) is 0 Å². The molecule has 1 saturated heterocycles. The van der Waals surface area contributed by atoms with Crippen LogP contribution in [0.2, 0.25) is 0 Å². The molecule has 3 rings (SSSR count). The Morgan fingerprint density at radius 1 is 1.50 bits per heavy atom. The molecule has 5 nitrogen and oxygen atoms in total. The van der Waals surface area contributed by atoms with E-state index in [0.29, 0.717) is 6.04 Å². The molecule has 0 radical (unpaired) electrons. The van der Waals surface area contributed by atoms with Gasteiger partial charge in [0.15, 0.2) is 0 Å². The molecule has 0 spiro atoms. The van der Waals surface area contributed by atoms with Crippen molar-refractivity contribution in [1.29, 1.82) is 0 Å². The largest absolute Gasteiger partial charge is 0.329 e. The van der Waals surface area contributed by atoms with Crippen molar-refractivity contribution in [1.82, 2.24) is 19.6 Å². The summed E-state index contributed by atoms with van der Waals surface area (Å²) >= 11 is 0. The van der Waals surface area contributed by atoms with Gasteiger partial charge in [0.25, 0.3) is 0 Å². The number of nitrogens with two attached hydrogens (primary N) is 1. The summed E-state index contributed by atoms with van der Waals surface area (Å²) in [6.45, 7) is 5.13. The fourth-order valence-corrected chi connectivity index (χ4v) is 3.70. The summed E-state index contributed by atoms with van der Waals surface area (Å²) in [7, 11) is 4.18. The number of likely N-dealkylation sites (N-methyl/N-ethyl adjacent to an activating group) is 1. The molecule has 0 aromatic carbocycles. The van der Waals surface area contributed by atoms with Crippen LogP contribution in [0.3, 0.4) is 0 Å². The predicted octanol–water partition coefficient (Wildman–Crippen LogP) is 0.806. The van der Waals surface area contributed by atoms with Gasteiger partial charge in [0.1, 0.15) is 0 Å². The van der Waals surface area contributed by atoms with Crippen molar-refractivity contribution >= 4 is 0 Å². The Bertz CT molecular complexity index is 467. The van der Waals surface area contributed by atoms with Crippen molar-refractivity contribution in [2.24, 2.45) is 12.8 Å². The number of hydrogen-bond donors (Lipinski definition) is 1. The van der Waals surface area contributed by atoms with Gasteiger partial charge in [-0.25, -0.2) is 0 Å². The van der Waals surface area contributed by atoms with E-state index in [1.54, 1.807) is 0 Å². The number of rotatable bonds is 5. The quantitative estimate of drug-likeness (QED) is 0.865. The van der Waals surface area contributed by atoms with Crippen LogP contribution in [-0.4, -0.2) is 57.3 Å². The third kappa shape index (κ3) is 2.50. The summed E-state index contributed by atoms with van der Waals surface area (Å²) in [6, 6.07) is 1.48. The van der Waals surface area contributed by atoms with E-state index in [1.165, 1.54) is 24.8 Å². The Balaban J connectivity index is 1.71. The van der Waals surface area contributed by atoms with Crippen molar-refractivity contribution in [3.63, 3.8) is 0 Å². The number of aromatic nitrogens is 2. The summed E-state index contributed by atoms with van der Waals surface area (Å²) in [4.78, 5) is 5.12. The lowest BCUT2D eigenvalue weighted by Gasteiger charge is -2.38. The van der Waals surface area contributed by atoms with E-state index < -0.39 is 0 Å². The number of nitrogens with zero attached hydrogens (tertiary/aromatic N) is 4. The molecule has 2 atom stereocenters. The number of aryl methyl sites for hydroxylation is 1. The molecule has 0 bridgehead atoms. The highest BCUT2D eigenvalue weighted by Crippen LogP contribution is 2.39. The van der Waals surface area contributed by atoms with Gasteiger partial charge in [-0.1, -0.05) is 0 Å². The van der Waals surface area contributed by atoms with Gasteiger partial charge in [0, 0.05) is 56.1 Å². The highest BCUT2D eigenvalue weighted by Gasteiger charge is 2.48. The van der Waals surface area contributed by atoms with Crippen LogP contribution < -0.4 is 5.73 Å². The first-order chi connectivity index (χ1) is 9.54. The second kappa shape index (κ2) is 5.13. The fraction of sp³-hybridized carbons (Fsp3) is 0.800. The molecule has 2 heterocycles. The van der Waals surface area contributed by atoms with Crippen LogP contribution in [0.15, 0.2) is 12.4 Å². The van der Waals surface area contributed by atoms with E-state index in [-0.39, 0.29) is 5.54 Å². The maximum atomic E-state index is 6.18. The molecule has 112 valence electrons. The van der Waals surface area contributed by atoms with Gasteiger partial charge in [-0.2, -0.15) is 5.10 Å². The number of likely N-dealkylation sites (tertiary alicyclic amines) is 1. The Kier molecular flexibility index (Phi) is 3.60. The molecule has 1 aromatic heterocycles. The fourth-order valence-electron chi connectivity index (χ4n) is 3.70. The van der Waals surface area contributed by atoms with Crippen LogP contribution in [0, 0.1) is 0 Å². The van der Waals surface area contributed by atoms with Crippen LogP contribution in [0.4, 0.5) is 0 Å². The molecular formula is C15H27N5. The molecule has 1 saturated carbocycles. The zero-order chi connectivity index (χ0) is 14.3. The molecule has 20 heavy (non-hydrogen) atoms. The molecule has 2 unspecified atom stereocenters. The highest BCUT2D eigenvalue weighted by atomic mass is 15.3. The Hall–Kier alpha value is -0.910. The first kappa shape index (κ1) is 14.0. The van der Waals surface area contributed by atoms with Gasteiger partial charge in [0.05, 0.1) is 6.20 Å². The maximum Gasteiger partial charge on any atom is 0.0534 e. The van der Waals surface area contributed by atoms with E-state index in [9.17, 15) is 0 Å². The lowest BCUT2D eigenvalue weighted by atomic mass is 9.94. The van der Waals surface area contributed by atoms with Gasteiger partial charge in [-0.05, 0) is 33.2 Å². The maximum absolute atomic E-state index is 6.18. The van der Waals surface area contributed by atoms with Crippen LogP contribution in [-0.2, 0) is 13.6 Å². The molecule has 2 fully saturated rings. The van der Waals surface area contributed by atoms with Crippen LogP contribution in [0.1, 0.15) is 31.7 Å². The van der Waals surface area contributed by atoms with E-state index in [0.717, 1.165) is 25.7 Å². The summed E-state index contributed by atoms with van der Waals surface area (Å²) in [5.74, 6) is 0. The summed E-state index contributed by atoms with van der Waals surface area (Å²) < 4.78 is 1.87. The van der Waals surface area contributed by atoms with Crippen molar-refractivity contribution in [2.45, 2.75) is 50.4 Å². The second-order valence-electron chi connectivity index (χ2n) is 6.76. The van der Waals surface area contributed by atoms with Crippen LogP contribution >= 0.6 is 0 Å². The van der Waals surface area contributed by atoms with Crippen molar-refractivity contribution in [3.05, 3.63) is 18.0 Å². The molecule has 5 heteroatoms. The minimum Gasteiger partial charge on any atom is -0.329 e. The van der Waals surface area contributed by atoms with Crippen molar-refractivity contribution in [2.75, 3.05) is 20.1 Å². The van der Waals surface area contributed by atoms with Gasteiger partial charge in [-0.3, -0.25) is 14.5 Å². The van der Waals surface area contributed by atoms with Gasteiger partial charge >= 0.3 is 0 Å². The third-order valence-corrected chi connectivity index (χ3v) is 5.10. The normalized spacial score (nSPS) is 31.4. The first-order valence-electron chi connectivity index (χ1n) is 7.69. The molecule has 0 amide bonds. The smallest absolute Gasteiger partial charge is 0.0534 e. The Morgan fingerprint density at radius 3 is 2.80 bits per heavy atom. The van der Waals surface area contributed by atoms with Gasteiger partial charge in [0.2, 0.25) is 0 Å². The lowest BCUT2D eigenvalue weighted by Crippen LogP contribution is -2.53. The average Bonchev–Trinajstić information content (AvgIpc) is 3.09. The third-order valence-electron chi connectivity index (χ3n) is 5.10. The average molecular weight is 277 g/mol. The highest BCUT2D eigenvalue weighted by molar-refractivity contribution is 5.10.